The highest BCUT2D eigenvalue weighted by molar-refractivity contribution is 5.80. The standard InChI is InChI=1S/C23H28N4O4/c1-21(2,3)31-20(29)27-22-8-10-23(11-9-22,30-14-22)7-6-16-15(12-24)13-25-17-4-5-18(28)26-19(16)17/h4-5,13H,6-11,14H2,1-3H3,(H,26,28)(H,27,29). The van der Waals surface area contributed by atoms with E-state index in [1.165, 1.54) is 6.07 Å². The van der Waals surface area contributed by atoms with E-state index in [4.69, 9.17) is 9.47 Å². The predicted octanol–water partition coefficient (Wildman–Crippen LogP) is 3.75. The Bertz CT molecular complexity index is 1030. The first-order valence-corrected chi connectivity index (χ1v) is 10.7. The van der Waals surface area contributed by atoms with Crippen LogP contribution in [-0.4, -0.2) is 44.5 Å². The summed E-state index contributed by atoms with van der Waals surface area (Å²) >= 11 is 0. The van der Waals surface area contributed by atoms with Crippen LogP contribution in [0.3, 0.4) is 0 Å². The molecule has 0 spiro atoms. The predicted molar refractivity (Wildman–Crippen MR) is 113 cm³/mol. The number of alkyl carbamates (subject to hydrolysis) is 1. The van der Waals surface area contributed by atoms with E-state index in [1.54, 1.807) is 12.3 Å². The average Bonchev–Trinajstić information content (AvgIpc) is 2.71. The lowest BCUT2D eigenvalue weighted by Gasteiger charge is -2.53. The van der Waals surface area contributed by atoms with Gasteiger partial charge in [0.2, 0.25) is 5.88 Å². The van der Waals surface area contributed by atoms with Gasteiger partial charge in [0, 0.05) is 12.3 Å². The zero-order valence-corrected chi connectivity index (χ0v) is 18.2. The third-order valence-electron chi connectivity index (χ3n) is 6.29. The summed E-state index contributed by atoms with van der Waals surface area (Å²) in [6, 6.07) is 5.39. The van der Waals surface area contributed by atoms with Gasteiger partial charge in [0.1, 0.15) is 11.7 Å². The van der Waals surface area contributed by atoms with Crippen LogP contribution in [0.5, 0.6) is 5.88 Å². The normalized spacial score (nSPS) is 25.2. The van der Waals surface area contributed by atoms with Crippen LogP contribution in [0.4, 0.5) is 4.79 Å². The van der Waals surface area contributed by atoms with E-state index in [1.807, 2.05) is 20.8 Å². The average molecular weight is 425 g/mol. The minimum atomic E-state index is -0.539. The second kappa shape index (κ2) is 7.65. The van der Waals surface area contributed by atoms with E-state index < -0.39 is 11.7 Å². The zero-order valence-electron chi connectivity index (χ0n) is 18.2. The van der Waals surface area contributed by atoms with Crippen molar-refractivity contribution in [2.45, 2.75) is 76.0 Å². The molecule has 2 aromatic rings. The van der Waals surface area contributed by atoms with Gasteiger partial charge in [-0.05, 0) is 70.9 Å². The van der Waals surface area contributed by atoms with Gasteiger partial charge in [0.15, 0.2) is 0 Å². The molecule has 0 radical (unpaired) electrons. The molecule has 2 aromatic heterocycles. The number of amides is 1. The van der Waals surface area contributed by atoms with Crippen LogP contribution in [0.2, 0.25) is 0 Å². The molecule has 164 valence electrons. The van der Waals surface area contributed by atoms with Crippen LogP contribution in [0.1, 0.15) is 64.0 Å². The van der Waals surface area contributed by atoms with Crippen molar-refractivity contribution in [3.8, 4) is 11.9 Å². The number of aryl methyl sites for hydroxylation is 1. The van der Waals surface area contributed by atoms with E-state index in [2.05, 4.69) is 21.4 Å². The van der Waals surface area contributed by atoms with Gasteiger partial charge in [-0.25, -0.2) is 9.78 Å². The SMILES string of the molecule is CC(C)(C)OC(=O)NC12CCC(CCc3c(C#N)cnc4ccc(O)nc34)(CC1)OC2. The molecule has 2 saturated heterocycles. The smallest absolute Gasteiger partial charge is 0.408 e. The van der Waals surface area contributed by atoms with Crippen molar-refractivity contribution in [2.24, 2.45) is 0 Å². The molecule has 8 nitrogen and oxygen atoms in total. The van der Waals surface area contributed by atoms with Crippen LogP contribution >= 0.6 is 0 Å². The molecule has 0 atom stereocenters. The van der Waals surface area contributed by atoms with Gasteiger partial charge in [-0.2, -0.15) is 5.26 Å². The number of hydrogen-bond acceptors (Lipinski definition) is 7. The van der Waals surface area contributed by atoms with Crippen LogP contribution < -0.4 is 5.32 Å². The lowest BCUT2D eigenvalue weighted by molar-refractivity contribution is -0.163. The quantitative estimate of drug-likeness (QED) is 0.767. The molecule has 31 heavy (non-hydrogen) atoms. The van der Waals surface area contributed by atoms with Gasteiger partial charge in [-0.3, -0.25) is 4.98 Å². The molecule has 1 aliphatic carbocycles. The van der Waals surface area contributed by atoms with Crippen molar-refractivity contribution in [1.82, 2.24) is 15.3 Å². The lowest BCUT2D eigenvalue weighted by atomic mass is 9.69. The highest BCUT2D eigenvalue weighted by Gasteiger charge is 2.50. The Hall–Kier alpha value is -2.92. The maximum Gasteiger partial charge on any atom is 0.408 e. The minimum absolute atomic E-state index is 0.0895. The molecule has 5 rings (SSSR count). The summed E-state index contributed by atoms with van der Waals surface area (Å²) < 4.78 is 11.7. The molecule has 1 amide bonds. The second-order valence-corrected chi connectivity index (χ2v) is 9.68. The first-order valence-electron chi connectivity index (χ1n) is 10.7. The van der Waals surface area contributed by atoms with Crippen molar-refractivity contribution in [3.63, 3.8) is 0 Å². The number of aromatic hydroxyl groups is 1. The van der Waals surface area contributed by atoms with E-state index in [-0.39, 0.29) is 17.0 Å². The third-order valence-corrected chi connectivity index (χ3v) is 6.29. The van der Waals surface area contributed by atoms with Gasteiger partial charge in [0.25, 0.3) is 0 Å². The van der Waals surface area contributed by atoms with Crippen molar-refractivity contribution in [1.29, 1.82) is 5.26 Å². The monoisotopic (exact) mass is 424 g/mol. The molecule has 8 heteroatoms. The van der Waals surface area contributed by atoms with Gasteiger partial charge in [0.05, 0.1) is 34.3 Å². The van der Waals surface area contributed by atoms with Gasteiger partial charge in [-0.1, -0.05) is 0 Å². The first kappa shape index (κ1) is 21.3. The number of nitrogens with zero attached hydrogens (tertiary/aromatic N) is 3. The summed E-state index contributed by atoms with van der Waals surface area (Å²) in [6.07, 6.45) is 5.80. The fraction of sp³-hybridized carbons (Fsp3) is 0.565. The van der Waals surface area contributed by atoms with E-state index in [0.717, 1.165) is 37.7 Å². The number of carbonyl (C=O) groups excluding carboxylic acids is 1. The van der Waals surface area contributed by atoms with Crippen molar-refractivity contribution >= 4 is 17.1 Å². The number of fused-ring (bicyclic) bond motifs is 4. The molecule has 3 fully saturated rings. The molecular formula is C23H28N4O4. The molecule has 3 aliphatic rings. The molecular weight excluding hydrogens is 396 g/mol. The fourth-order valence-corrected chi connectivity index (χ4v) is 4.58. The molecule has 1 saturated carbocycles. The first-order chi connectivity index (χ1) is 14.6. The van der Waals surface area contributed by atoms with E-state index >= 15 is 0 Å². The summed E-state index contributed by atoms with van der Waals surface area (Å²) in [4.78, 5) is 20.8. The number of pyridine rings is 2. The number of aromatic nitrogens is 2. The number of carbonyl (C=O) groups is 1. The highest BCUT2D eigenvalue weighted by Crippen LogP contribution is 2.46. The number of hydrogen-bond donors (Lipinski definition) is 2. The Labute approximate surface area is 181 Å². The van der Waals surface area contributed by atoms with E-state index in [9.17, 15) is 15.2 Å². The maximum atomic E-state index is 12.3. The summed E-state index contributed by atoms with van der Waals surface area (Å²) in [5.41, 5.74) is 1.27. The highest BCUT2D eigenvalue weighted by atomic mass is 16.6. The summed E-state index contributed by atoms with van der Waals surface area (Å²) in [6.45, 7) is 5.99. The largest absolute Gasteiger partial charge is 0.493 e. The fourth-order valence-electron chi connectivity index (χ4n) is 4.58. The Kier molecular flexibility index (Phi) is 5.26. The Morgan fingerprint density at radius 1 is 1.32 bits per heavy atom. The van der Waals surface area contributed by atoms with Crippen LogP contribution in [0, 0.1) is 11.3 Å². The van der Waals surface area contributed by atoms with Gasteiger partial charge >= 0.3 is 6.09 Å². The van der Waals surface area contributed by atoms with Crippen LogP contribution in [0.15, 0.2) is 18.3 Å². The van der Waals surface area contributed by atoms with Crippen molar-refractivity contribution in [2.75, 3.05) is 6.61 Å². The number of nitriles is 1. The van der Waals surface area contributed by atoms with Crippen molar-refractivity contribution < 1.29 is 19.4 Å². The molecule has 0 aromatic carbocycles. The number of nitrogens with one attached hydrogen (secondary N) is 1. The number of ether oxygens (including phenoxy) is 2. The zero-order chi connectivity index (χ0) is 22.3. The van der Waals surface area contributed by atoms with Gasteiger partial charge < -0.3 is 19.9 Å². The molecule has 0 unspecified atom stereocenters. The lowest BCUT2D eigenvalue weighted by Crippen LogP contribution is -2.63. The molecule has 2 N–H and O–H groups in total. The topological polar surface area (TPSA) is 117 Å². The molecule has 2 aliphatic heterocycles. The summed E-state index contributed by atoms with van der Waals surface area (Å²) in [5, 5.41) is 22.4. The summed E-state index contributed by atoms with van der Waals surface area (Å²) in [5.74, 6) is -0.0895. The Morgan fingerprint density at radius 2 is 2.06 bits per heavy atom. The van der Waals surface area contributed by atoms with Gasteiger partial charge in [-0.15, -0.1) is 0 Å². The number of rotatable bonds is 4. The molecule has 2 bridgehead atoms. The Balaban J connectivity index is 1.46. The Morgan fingerprint density at radius 3 is 2.68 bits per heavy atom. The third kappa shape index (κ3) is 4.42. The maximum absolute atomic E-state index is 12.3. The van der Waals surface area contributed by atoms with Crippen molar-refractivity contribution in [3.05, 3.63) is 29.5 Å². The van der Waals surface area contributed by atoms with E-state index in [0.29, 0.717) is 29.6 Å². The molecule has 4 heterocycles. The second-order valence-electron chi connectivity index (χ2n) is 9.68. The minimum Gasteiger partial charge on any atom is -0.493 e. The van der Waals surface area contributed by atoms with Crippen LogP contribution in [-0.2, 0) is 15.9 Å². The van der Waals surface area contributed by atoms with Crippen LogP contribution in [0.25, 0.3) is 11.0 Å². The summed E-state index contributed by atoms with van der Waals surface area (Å²) in [7, 11) is 0.